The standard InChI is InChI=1S/C23H28Cl2N2O4/c1-5-7-10-31-21-18(25)11-16(13-20(21)30-6-2)23(29)27-19-12-15(8-9-17(19)24)22(28)26-14(3)4/h8-9,11-14H,5-7,10H2,1-4H3,(H,26,28)(H,27,29). The van der Waals surface area contributed by atoms with Crippen molar-refractivity contribution in [2.75, 3.05) is 18.5 Å². The highest BCUT2D eigenvalue weighted by atomic mass is 35.5. The van der Waals surface area contributed by atoms with Gasteiger partial charge in [-0.1, -0.05) is 36.5 Å². The van der Waals surface area contributed by atoms with E-state index in [1.807, 2.05) is 20.8 Å². The number of unbranched alkanes of at least 4 members (excludes halogenated alkanes) is 1. The number of rotatable bonds is 10. The molecule has 0 spiro atoms. The summed E-state index contributed by atoms with van der Waals surface area (Å²) in [6.45, 7) is 8.53. The van der Waals surface area contributed by atoms with Crippen LogP contribution in [0.15, 0.2) is 30.3 Å². The molecule has 0 aliphatic rings. The number of hydrogen-bond donors (Lipinski definition) is 2. The largest absolute Gasteiger partial charge is 0.490 e. The predicted molar refractivity (Wildman–Crippen MR) is 125 cm³/mol. The molecule has 0 aliphatic heterocycles. The Morgan fingerprint density at radius 1 is 0.968 bits per heavy atom. The second kappa shape index (κ2) is 11.8. The predicted octanol–water partition coefficient (Wildman–Crippen LogP) is 5.96. The van der Waals surface area contributed by atoms with Gasteiger partial charge in [0.1, 0.15) is 0 Å². The number of nitrogens with one attached hydrogen (secondary N) is 2. The SMILES string of the molecule is CCCCOc1c(Cl)cc(C(=O)Nc2cc(C(=O)NC(C)C)ccc2Cl)cc1OCC. The molecule has 0 atom stereocenters. The van der Waals surface area contributed by atoms with Gasteiger partial charge in [0, 0.05) is 17.2 Å². The quantitative estimate of drug-likeness (QED) is 0.423. The molecule has 31 heavy (non-hydrogen) atoms. The maximum Gasteiger partial charge on any atom is 0.255 e. The summed E-state index contributed by atoms with van der Waals surface area (Å²) in [6.07, 6.45) is 1.86. The van der Waals surface area contributed by atoms with Crippen molar-refractivity contribution >= 4 is 40.7 Å². The van der Waals surface area contributed by atoms with E-state index in [1.54, 1.807) is 18.2 Å². The highest BCUT2D eigenvalue weighted by Crippen LogP contribution is 2.37. The summed E-state index contributed by atoms with van der Waals surface area (Å²) in [7, 11) is 0. The van der Waals surface area contributed by atoms with Crippen molar-refractivity contribution in [1.29, 1.82) is 0 Å². The molecule has 0 unspecified atom stereocenters. The third-order valence-corrected chi connectivity index (χ3v) is 4.82. The van der Waals surface area contributed by atoms with E-state index in [9.17, 15) is 9.59 Å². The number of carbonyl (C=O) groups excluding carboxylic acids is 2. The Kier molecular flexibility index (Phi) is 9.46. The topological polar surface area (TPSA) is 76.7 Å². The summed E-state index contributed by atoms with van der Waals surface area (Å²) in [6, 6.07) is 7.78. The van der Waals surface area contributed by atoms with Crippen LogP contribution in [0.2, 0.25) is 10.0 Å². The summed E-state index contributed by atoms with van der Waals surface area (Å²) in [4.78, 5) is 25.1. The van der Waals surface area contributed by atoms with Crippen LogP contribution in [0.4, 0.5) is 5.69 Å². The van der Waals surface area contributed by atoms with Crippen LogP contribution in [0, 0.1) is 0 Å². The van der Waals surface area contributed by atoms with Gasteiger partial charge in [-0.2, -0.15) is 0 Å². The van der Waals surface area contributed by atoms with E-state index in [0.29, 0.717) is 41.0 Å². The van der Waals surface area contributed by atoms with E-state index in [0.717, 1.165) is 12.8 Å². The average molecular weight is 467 g/mol. The monoisotopic (exact) mass is 466 g/mol. The van der Waals surface area contributed by atoms with Gasteiger partial charge in [0.15, 0.2) is 11.5 Å². The molecule has 0 aromatic heterocycles. The first-order valence-electron chi connectivity index (χ1n) is 10.3. The Bertz CT molecular complexity index is 932. The van der Waals surface area contributed by atoms with Crippen molar-refractivity contribution in [2.24, 2.45) is 0 Å². The van der Waals surface area contributed by atoms with Crippen molar-refractivity contribution in [3.63, 3.8) is 0 Å². The van der Waals surface area contributed by atoms with E-state index in [1.165, 1.54) is 12.1 Å². The molecule has 2 N–H and O–H groups in total. The lowest BCUT2D eigenvalue weighted by atomic mass is 10.1. The molecule has 0 saturated carbocycles. The lowest BCUT2D eigenvalue weighted by Gasteiger charge is -2.16. The van der Waals surface area contributed by atoms with Crippen LogP contribution >= 0.6 is 23.2 Å². The third kappa shape index (κ3) is 7.04. The van der Waals surface area contributed by atoms with Crippen LogP contribution in [0.25, 0.3) is 0 Å². The number of hydrogen-bond acceptors (Lipinski definition) is 4. The highest BCUT2D eigenvalue weighted by Gasteiger charge is 2.18. The van der Waals surface area contributed by atoms with Gasteiger partial charge in [-0.25, -0.2) is 0 Å². The zero-order valence-corrected chi connectivity index (χ0v) is 19.7. The Morgan fingerprint density at radius 2 is 1.71 bits per heavy atom. The van der Waals surface area contributed by atoms with E-state index in [4.69, 9.17) is 32.7 Å². The summed E-state index contributed by atoms with van der Waals surface area (Å²) in [5.74, 6) is 0.120. The average Bonchev–Trinajstić information content (AvgIpc) is 2.71. The molecule has 0 fully saturated rings. The lowest BCUT2D eigenvalue weighted by Crippen LogP contribution is -2.30. The number of carbonyl (C=O) groups is 2. The molecule has 2 amide bonds. The maximum absolute atomic E-state index is 12.9. The van der Waals surface area contributed by atoms with Crippen molar-refractivity contribution < 1.29 is 19.1 Å². The molecule has 6 nitrogen and oxygen atoms in total. The molecule has 0 bridgehead atoms. The second-order valence-electron chi connectivity index (χ2n) is 7.20. The minimum Gasteiger partial charge on any atom is -0.490 e. The molecule has 168 valence electrons. The van der Waals surface area contributed by atoms with Gasteiger partial charge < -0.3 is 20.1 Å². The molecule has 0 radical (unpaired) electrons. The van der Waals surface area contributed by atoms with Gasteiger partial charge in [0.05, 0.1) is 28.9 Å². The Balaban J connectivity index is 2.28. The van der Waals surface area contributed by atoms with Crippen molar-refractivity contribution in [1.82, 2.24) is 5.32 Å². The van der Waals surface area contributed by atoms with E-state index in [2.05, 4.69) is 17.6 Å². The van der Waals surface area contributed by atoms with Gasteiger partial charge in [0.2, 0.25) is 0 Å². The fourth-order valence-electron chi connectivity index (χ4n) is 2.72. The molecule has 0 heterocycles. The van der Waals surface area contributed by atoms with E-state index in [-0.39, 0.29) is 22.5 Å². The molecule has 2 aromatic rings. The molecular weight excluding hydrogens is 439 g/mol. The smallest absolute Gasteiger partial charge is 0.255 e. The Morgan fingerprint density at radius 3 is 2.35 bits per heavy atom. The molecule has 8 heteroatoms. The number of anilines is 1. The molecular formula is C23H28Cl2N2O4. The normalized spacial score (nSPS) is 10.7. The summed E-state index contributed by atoms with van der Waals surface area (Å²) in [5, 5.41) is 6.13. The van der Waals surface area contributed by atoms with Gasteiger partial charge in [-0.15, -0.1) is 0 Å². The first kappa shape index (κ1) is 24.8. The fourth-order valence-corrected chi connectivity index (χ4v) is 3.15. The van der Waals surface area contributed by atoms with Crippen LogP contribution in [0.1, 0.15) is 61.3 Å². The summed E-state index contributed by atoms with van der Waals surface area (Å²) < 4.78 is 11.4. The molecule has 2 rings (SSSR count). The Hall–Kier alpha value is -2.44. The number of ether oxygens (including phenoxy) is 2. The van der Waals surface area contributed by atoms with Gasteiger partial charge >= 0.3 is 0 Å². The van der Waals surface area contributed by atoms with Gasteiger partial charge in [-0.3, -0.25) is 9.59 Å². The zero-order chi connectivity index (χ0) is 23.0. The molecule has 0 saturated heterocycles. The number of amides is 2. The Labute approximate surface area is 193 Å². The van der Waals surface area contributed by atoms with Crippen LogP contribution in [-0.4, -0.2) is 31.1 Å². The maximum atomic E-state index is 12.9. The zero-order valence-electron chi connectivity index (χ0n) is 18.2. The van der Waals surface area contributed by atoms with Crippen LogP contribution in [-0.2, 0) is 0 Å². The van der Waals surface area contributed by atoms with Crippen LogP contribution in [0.5, 0.6) is 11.5 Å². The number of halogens is 2. The first-order chi connectivity index (χ1) is 14.8. The summed E-state index contributed by atoms with van der Waals surface area (Å²) >= 11 is 12.6. The van der Waals surface area contributed by atoms with Gasteiger partial charge in [-0.05, 0) is 57.5 Å². The van der Waals surface area contributed by atoms with Crippen LogP contribution < -0.4 is 20.1 Å². The minimum absolute atomic E-state index is 0.0154. The van der Waals surface area contributed by atoms with Gasteiger partial charge in [0.25, 0.3) is 11.8 Å². The molecule has 2 aromatic carbocycles. The van der Waals surface area contributed by atoms with Crippen molar-refractivity contribution in [3.05, 3.63) is 51.5 Å². The summed E-state index contributed by atoms with van der Waals surface area (Å²) in [5.41, 5.74) is 0.992. The highest BCUT2D eigenvalue weighted by molar-refractivity contribution is 6.34. The second-order valence-corrected chi connectivity index (χ2v) is 8.01. The number of benzene rings is 2. The lowest BCUT2D eigenvalue weighted by molar-refractivity contribution is 0.0941. The van der Waals surface area contributed by atoms with E-state index < -0.39 is 5.91 Å². The van der Waals surface area contributed by atoms with Crippen molar-refractivity contribution in [3.8, 4) is 11.5 Å². The third-order valence-electron chi connectivity index (χ3n) is 4.21. The minimum atomic E-state index is -0.439. The van der Waals surface area contributed by atoms with Crippen molar-refractivity contribution in [2.45, 2.75) is 46.6 Å². The fraction of sp³-hybridized carbons (Fsp3) is 0.391. The first-order valence-corrected chi connectivity index (χ1v) is 11.0. The van der Waals surface area contributed by atoms with E-state index >= 15 is 0 Å². The van der Waals surface area contributed by atoms with Crippen LogP contribution in [0.3, 0.4) is 0 Å². The molecule has 0 aliphatic carbocycles.